The summed E-state index contributed by atoms with van der Waals surface area (Å²) in [6.45, 7) is 8.02. The van der Waals surface area contributed by atoms with Gasteiger partial charge >= 0.3 is 12.1 Å². The lowest BCUT2D eigenvalue weighted by Gasteiger charge is -2.35. The zero-order valence-electron chi connectivity index (χ0n) is 24.5. The monoisotopic (exact) mass is 603 g/mol. The van der Waals surface area contributed by atoms with E-state index in [0.29, 0.717) is 23.6 Å². The van der Waals surface area contributed by atoms with E-state index >= 15 is 0 Å². The van der Waals surface area contributed by atoms with Crippen LogP contribution in [-0.4, -0.2) is 49.6 Å². The highest BCUT2D eigenvalue weighted by molar-refractivity contribution is 6.30. The SMILES string of the molecule is COC(=O)C(C[C@@H]1CCNC1=O)NC(=O)C(CC(C)C)NC(=O)OC(c1ccc(F)cc1)C(C)(C)c1cccc(Cl)c1. The predicted molar refractivity (Wildman–Crippen MR) is 156 cm³/mol. The molecule has 1 heterocycles. The Morgan fingerprint density at radius 1 is 1.10 bits per heavy atom. The Balaban J connectivity index is 1.83. The second-order valence-electron chi connectivity index (χ2n) is 11.5. The molecule has 1 aliphatic heterocycles. The second-order valence-corrected chi connectivity index (χ2v) is 11.9. The van der Waals surface area contributed by atoms with E-state index in [9.17, 15) is 23.6 Å². The molecule has 42 heavy (non-hydrogen) atoms. The summed E-state index contributed by atoms with van der Waals surface area (Å²) in [5, 5.41) is 8.54. The fourth-order valence-electron chi connectivity index (χ4n) is 5.08. The summed E-state index contributed by atoms with van der Waals surface area (Å²) in [6.07, 6.45) is -0.899. The topological polar surface area (TPSA) is 123 Å². The standard InChI is InChI=1S/C31H39ClFN3O6/c1-18(2)15-24(28(38)35-25(29(39)41-5)16-20-13-14-34-27(20)37)36-30(40)42-26(19-9-11-23(33)12-10-19)31(3,4)21-7-6-8-22(32)17-21/h6-12,17-18,20,24-26H,13-16H2,1-5H3,(H,34,37)(H,35,38)(H,36,40)/t20-,24?,25?,26?/m0/s1. The second kappa shape index (κ2) is 14.5. The molecule has 228 valence electrons. The van der Waals surface area contributed by atoms with Gasteiger partial charge in [-0.05, 0) is 60.6 Å². The first-order valence-electron chi connectivity index (χ1n) is 14.0. The maximum Gasteiger partial charge on any atom is 0.408 e. The van der Waals surface area contributed by atoms with Crippen LogP contribution >= 0.6 is 11.6 Å². The first-order valence-corrected chi connectivity index (χ1v) is 14.3. The van der Waals surface area contributed by atoms with Crippen LogP contribution in [0.5, 0.6) is 0 Å². The number of nitrogens with one attached hydrogen (secondary N) is 3. The van der Waals surface area contributed by atoms with E-state index in [4.69, 9.17) is 21.1 Å². The molecule has 4 atom stereocenters. The van der Waals surface area contributed by atoms with Crippen molar-refractivity contribution in [2.75, 3.05) is 13.7 Å². The highest BCUT2D eigenvalue weighted by Gasteiger charge is 2.38. The Bertz CT molecular complexity index is 1270. The summed E-state index contributed by atoms with van der Waals surface area (Å²) >= 11 is 6.25. The minimum Gasteiger partial charge on any atom is -0.467 e. The number of hydrogen-bond donors (Lipinski definition) is 3. The molecule has 3 N–H and O–H groups in total. The largest absolute Gasteiger partial charge is 0.467 e. The number of benzene rings is 2. The molecule has 2 aromatic carbocycles. The summed E-state index contributed by atoms with van der Waals surface area (Å²) in [4.78, 5) is 51.4. The van der Waals surface area contributed by atoms with E-state index in [-0.39, 0.29) is 24.7 Å². The van der Waals surface area contributed by atoms with Crippen molar-refractivity contribution in [2.24, 2.45) is 11.8 Å². The van der Waals surface area contributed by atoms with E-state index in [1.807, 2.05) is 33.8 Å². The molecular weight excluding hydrogens is 565 g/mol. The number of carbonyl (C=O) groups is 4. The Hall–Kier alpha value is -3.66. The van der Waals surface area contributed by atoms with Crippen LogP contribution in [-0.2, 0) is 29.3 Å². The van der Waals surface area contributed by atoms with Gasteiger partial charge in [0.2, 0.25) is 11.8 Å². The Kier molecular flexibility index (Phi) is 11.3. The maximum atomic E-state index is 13.8. The number of esters is 1. The van der Waals surface area contributed by atoms with Crippen molar-refractivity contribution in [3.8, 4) is 0 Å². The number of hydrogen-bond acceptors (Lipinski definition) is 6. The fraction of sp³-hybridized carbons (Fsp3) is 0.484. The third kappa shape index (κ3) is 8.67. The van der Waals surface area contributed by atoms with E-state index in [1.165, 1.54) is 31.4 Å². The van der Waals surface area contributed by atoms with Crippen molar-refractivity contribution in [3.05, 3.63) is 70.5 Å². The number of methoxy groups -OCH3 is 1. The van der Waals surface area contributed by atoms with Crippen molar-refractivity contribution in [1.29, 1.82) is 0 Å². The van der Waals surface area contributed by atoms with Gasteiger partial charge in [-0.2, -0.15) is 0 Å². The van der Waals surface area contributed by atoms with E-state index in [2.05, 4.69) is 16.0 Å². The zero-order chi connectivity index (χ0) is 31.0. The van der Waals surface area contributed by atoms with Crippen LogP contribution in [0, 0.1) is 17.7 Å². The number of carbonyl (C=O) groups excluding carboxylic acids is 4. The van der Waals surface area contributed by atoms with Crippen LogP contribution in [0.15, 0.2) is 48.5 Å². The lowest BCUT2D eigenvalue weighted by molar-refractivity contribution is -0.146. The van der Waals surface area contributed by atoms with Crippen LogP contribution in [0.25, 0.3) is 0 Å². The van der Waals surface area contributed by atoms with Crippen LogP contribution in [0.3, 0.4) is 0 Å². The highest BCUT2D eigenvalue weighted by atomic mass is 35.5. The molecular formula is C31H39ClFN3O6. The van der Waals surface area contributed by atoms with Crippen LogP contribution < -0.4 is 16.0 Å². The molecule has 0 spiro atoms. The lowest BCUT2D eigenvalue weighted by atomic mass is 9.76. The molecule has 2 aromatic rings. The quantitative estimate of drug-likeness (QED) is 0.299. The number of ether oxygens (including phenoxy) is 2. The molecule has 1 saturated heterocycles. The van der Waals surface area contributed by atoms with Crippen molar-refractivity contribution in [2.45, 2.75) is 70.6 Å². The summed E-state index contributed by atoms with van der Waals surface area (Å²) in [5.41, 5.74) is 0.515. The molecule has 0 saturated carbocycles. The fourth-order valence-corrected chi connectivity index (χ4v) is 5.27. The minimum atomic E-state index is -1.07. The zero-order valence-corrected chi connectivity index (χ0v) is 25.3. The number of halogens is 2. The average molecular weight is 604 g/mol. The van der Waals surface area contributed by atoms with Crippen LogP contribution in [0.2, 0.25) is 5.02 Å². The Morgan fingerprint density at radius 2 is 1.79 bits per heavy atom. The molecule has 0 radical (unpaired) electrons. The molecule has 3 unspecified atom stereocenters. The van der Waals surface area contributed by atoms with Crippen LogP contribution in [0.4, 0.5) is 9.18 Å². The van der Waals surface area contributed by atoms with Gasteiger partial charge in [-0.15, -0.1) is 0 Å². The lowest BCUT2D eigenvalue weighted by Crippen LogP contribution is -2.53. The first kappa shape index (κ1) is 32.8. The van der Waals surface area contributed by atoms with Gasteiger partial charge in [0.1, 0.15) is 24.0 Å². The van der Waals surface area contributed by atoms with E-state index in [1.54, 1.807) is 18.2 Å². The van der Waals surface area contributed by atoms with Gasteiger partial charge in [0.05, 0.1) is 7.11 Å². The van der Waals surface area contributed by atoms with Gasteiger partial charge in [-0.3, -0.25) is 9.59 Å². The van der Waals surface area contributed by atoms with Gasteiger partial charge in [-0.25, -0.2) is 14.0 Å². The number of amides is 3. The smallest absolute Gasteiger partial charge is 0.408 e. The van der Waals surface area contributed by atoms with Gasteiger partial charge in [0.15, 0.2) is 0 Å². The predicted octanol–water partition coefficient (Wildman–Crippen LogP) is 4.82. The van der Waals surface area contributed by atoms with Gasteiger partial charge < -0.3 is 25.4 Å². The average Bonchev–Trinajstić information content (AvgIpc) is 3.34. The molecule has 0 aromatic heterocycles. The summed E-state index contributed by atoms with van der Waals surface area (Å²) < 4.78 is 24.6. The van der Waals surface area contributed by atoms with Crippen molar-refractivity contribution < 1.29 is 33.0 Å². The van der Waals surface area contributed by atoms with Crippen LogP contribution in [0.1, 0.15) is 64.2 Å². The normalized spacial score (nSPS) is 17.1. The minimum absolute atomic E-state index is 0.00552. The molecule has 1 fully saturated rings. The molecule has 9 nitrogen and oxygen atoms in total. The summed E-state index contributed by atoms with van der Waals surface area (Å²) in [7, 11) is 1.20. The molecule has 11 heteroatoms. The van der Waals surface area contributed by atoms with Crippen molar-refractivity contribution in [3.63, 3.8) is 0 Å². The van der Waals surface area contributed by atoms with E-state index in [0.717, 1.165) is 5.56 Å². The molecule has 3 rings (SSSR count). The Labute approximate surface area is 250 Å². The third-order valence-corrected chi connectivity index (χ3v) is 7.66. The third-order valence-electron chi connectivity index (χ3n) is 7.42. The van der Waals surface area contributed by atoms with Crippen molar-refractivity contribution >= 4 is 35.5 Å². The first-order chi connectivity index (χ1) is 19.8. The molecule has 3 amide bonds. The summed E-state index contributed by atoms with van der Waals surface area (Å²) in [6, 6.07) is 10.7. The molecule has 0 bridgehead atoms. The molecule has 0 aliphatic carbocycles. The highest BCUT2D eigenvalue weighted by Crippen LogP contribution is 2.40. The van der Waals surface area contributed by atoms with Gasteiger partial charge in [0, 0.05) is 22.9 Å². The molecule has 1 aliphatic rings. The number of alkyl carbamates (subject to hydrolysis) is 1. The number of rotatable bonds is 12. The van der Waals surface area contributed by atoms with Gasteiger partial charge in [0.25, 0.3) is 0 Å². The Morgan fingerprint density at radius 3 is 2.36 bits per heavy atom. The maximum absolute atomic E-state index is 13.8. The van der Waals surface area contributed by atoms with Crippen molar-refractivity contribution in [1.82, 2.24) is 16.0 Å². The van der Waals surface area contributed by atoms with Gasteiger partial charge in [-0.1, -0.05) is 63.6 Å². The summed E-state index contributed by atoms with van der Waals surface area (Å²) in [5.74, 6) is -2.37. The van der Waals surface area contributed by atoms with E-state index < -0.39 is 53.3 Å².